The van der Waals surface area contributed by atoms with Crippen molar-refractivity contribution >= 4 is 22.6 Å². The van der Waals surface area contributed by atoms with Gasteiger partial charge < -0.3 is 14.8 Å². The second kappa shape index (κ2) is 9.24. The fourth-order valence-electron chi connectivity index (χ4n) is 3.83. The SMILES string of the molecule is COc1cccc2c(C)cc(-n3ncc(C#N)c3NC(=O)COc3c(C)ccc(C)c3C)nc12. The summed E-state index contributed by atoms with van der Waals surface area (Å²) < 4.78 is 12.7. The summed E-state index contributed by atoms with van der Waals surface area (Å²) in [5.41, 5.74) is 4.86. The fraction of sp³-hybridized carbons (Fsp3) is 0.231. The molecule has 2 aromatic carbocycles. The number of fused-ring (bicyclic) bond motifs is 1. The molecule has 0 aliphatic rings. The van der Waals surface area contributed by atoms with Crippen LogP contribution in [-0.2, 0) is 4.79 Å². The molecule has 1 amide bonds. The molecular weight excluding hydrogens is 430 g/mol. The number of anilines is 1. The van der Waals surface area contributed by atoms with E-state index in [1.54, 1.807) is 7.11 Å². The van der Waals surface area contributed by atoms with Gasteiger partial charge in [-0.05, 0) is 62.1 Å². The Morgan fingerprint density at radius 3 is 2.62 bits per heavy atom. The van der Waals surface area contributed by atoms with Crippen LogP contribution in [0.4, 0.5) is 5.82 Å². The van der Waals surface area contributed by atoms with E-state index in [-0.39, 0.29) is 18.0 Å². The normalized spacial score (nSPS) is 10.7. The number of benzene rings is 2. The maximum Gasteiger partial charge on any atom is 0.263 e. The summed E-state index contributed by atoms with van der Waals surface area (Å²) in [4.78, 5) is 17.5. The number of aryl methyl sites for hydroxylation is 3. The van der Waals surface area contributed by atoms with Crippen molar-refractivity contribution in [1.29, 1.82) is 5.26 Å². The Kier molecular flexibility index (Phi) is 6.19. The summed E-state index contributed by atoms with van der Waals surface area (Å²) in [6, 6.07) is 13.6. The first-order chi connectivity index (χ1) is 16.3. The van der Waals surface area contributed by atoms with Gasteiger partial charge in [-0.2, -0.15) is 15.0 Å². The van der Waals surface area contributed by atoms with Crippen molar-refractivity contribution in [3.8, 4) is 23.4 Å². The molecule has 34 heavy (non-hydrogen) atoms. The molecule has 4 aromatic rings. The maximum absolute atomic E-state index is 12.8. The number of methoxy groups -OCH3 is 1. The lowest BCUT2D eigenvalue weighted by Crippen LogP contribution is -2.23. The minimum absolute atomic E-state index is 0.209. The van der Waals surface area contributed by atoms with Gasteiger partial charge in [0.15, 0.2) is 18.2 Å². The summed E-state index contributed by atoms with van der Waals surface area (Å²) in [7, 11) is 1.59. The number of nitrogens with zero attached hydrogens (tertiary/aromatic N) is 4. The number of nitriles is 1. The first-order valence-electron chi connectivity index (χ1n) is 10.8. The number of nitrogens with one attached hydrogen (secondary N) is 1. The van der Waals surface area contributed by atoms with Gasteiger partial charge in [0.05, 0.1) is 13.3 Å². The quantitative estimate of drug-likeness (QED) is 0.458. The van der Waals surface area contributed by atoms with E-state index in [2.05, 4.69) is 16.5 Å². The van der Waals surface area contributed by atoms with Crippen LogP contribution in [0.25, 0.3) is 16.7 Å². The summed E-state index contributed by atoms with van der Waals surface area (Å²) in [6.45, 7) is 7.64. The number of aromatic nitrogens is 3. The van der Waals surface area contributed by atoms with E-state index in [1.807, 2.05) is 64.1 Å². The monoisotopic (exact) mass is 455 g/mol. The molecule has 0 bridgehead atoms. The van der Waals surface area contributed by atoms with Crippen LogP contribution in [0.2, 0.25) is 0 Å². The van der Waals surface area contributed by atoms with E-state index in [0.717, 1.165) is 27.6 Å². The molecule has 8 nitrogen and oxygen atoms in total. The van der Waals surface area contributed by atoms with Crippen molar-refractivity contribution in [2.24, 2.45) is 0 Å². The minimum Gasteiger partial charge on any atom is -0.494 e. The molecule has 0 spiro atoms. The number of hydrogen-bond acceptors (Lipinski definition) is 6. The van der Waals surface area contributed by atoms with Crippen LogP contribution in [0.5, 0.6) is 11.5 Å². The summed E-state index contributed by atoms with van der Waals surface area (Å²) in [5, 5.41) is 17.6. The molecule has 0 unspecified atom stereocenters. The number of hydrogen-bond donors (Lipinski definition) is 1. The standard InChI is InChI=1S/C26H25N5O3/c1-15-9-10-16(2)25(18(15)4)34-14-23(32)30-26-19(12-27)13-28-31(26)22-11-17(3)20-7-6-8-21(33-5)24(20)29-22/h6-11,13H,14H2,1-5H3,(H,30,32). The van der Waals surface area contributed by atoms with Crippen LogP contribution in [0, 0.1) is 39.0 Å². The second-order valence-corrected chi connectivity index (χ2v) is 8.07. The molecule has 2 heterocycles. The number of rotatable bonds is 6. The summed E-state index contributed by atoms with van der Waals surface area (Å²) in [5.74, 6) is 1.59. The van der Waals surface area contributed by atoms with Gasteiger partial charge in [0.25, 0.3) is 5.91 Å². The average Bonchev–Trinajstić information content (AvgIpc) is 3.23. The Labute approximate surface area is 197 Å². The molecule has 172 valence electrons. The maximum atomic E-state index is 12.8. The summed E-state index contributed by atoms with van der Waals surface area (Å²) >= 11 is 0. The van der Waals surface area contributed by atoms with E-state index >= 15 is 0 Å². The van der Waals surface area contributed by atoms with Gasteiger partial charge in [0, 0.05) is 5.39 Å². The van der Waals surface area contributed by atoms with Crippen LogP contribution < -0.4 is 14.8 Å². The number of carbonyl (C=O) groups is 1. The Balaban J connectivity index is 1.65. The molecule has 0 saturated carbocycles. The van der Waals surface area contributed by atoms with Crippen LogP contribution >= 0.6 is 0 Å². The highest BCUT2D eigenvalue weighted by Crippen LogP contribution is 2.29. The highest BCUT2D eigenvalue weighted by molar-refractivity contribution is 5.93. The van der Waals surface area contributed by atoms with E-state index in [9.17, 15) is 10.1 Å². The Morgan fingerprint density at radius 2 is 1.88 bits per heavy atom. The zero-order chi connectivity index (χ0) is 24.4. The van der Waals surface area contributed by atoms with Gasteiger partial charge >= 0.3 is 0 Å². The number of carbonyl (C=O) groups excluding carboxylic acids is 1. The molecule has 0 aliphatic carbocycles. The predicted octanol–water partition coefficient (Wildman–Crippen LogP) is 4.55. The Morgan fingerprint density at radius 1 is 1.12 bits per heavy atom. The zero-order valence-corrected chi connectivity index (χ0v) is 19.8. The van der Waals surface area contributed by atoms with Crippen molar-refractivity contribution in [2.75, 3.05) is 19.0 Å². The minimum atomic E-state index is -0.409. The third kappa shape index (κ3) is 4.16. The molecule has 0 fully saturated rings. The van der Waals surface area contributed by atoms with Gasteiger partial charge in [-0.3, -0.25) is 4.79 Å². The molecule has 2 aromatic heterocycles. The smallest absolute Gasteiger partial charge is 0.263 e. The van der Waals surface area contributed by atoms with Gasteiger partial charge in [0.1, 0.15) is 28.6 Å². The van der Waals surface area contributed by atoms with Gasteiger partial charge in [-0.15, -0.1) is 0 Å². The number of para-hydroxylation sites is 1. The number of ether oxygens (including phenoxy) is 2. The van der Waals surface area contributed by atoms with Gasteiger partial charge in [-0.1, -0.05) is 24.3 Å². The van der Waals surface area contributed by atoms with Crippen LogP contribution in [0.15, 0.2) is 42.6 Å². The lowest BCUT2D eigenvalue weighted by atomic mass is 10.1. The second-order valence-electron chi connectivity index (χ2n) is 8.07. The largest absolute Gasteiger partial charge is 0.494 e. The number of amides is 1. The van der Waals surface area contributed by atoms with Crippen LogP contribution in [-0.4, -0.2) is 34.4 Å². The van der Waals surface area contributed by atoms with E-state index in [4.69, 9.17) is 14.5 Å². The van der Waals surface area contributed by atoms with E-state index < -0.39 is 5.91 Å². The highest BCUT2D eigenvalue weighted by atomic mass is 16.5. The van der Waals surface area contributed by atoms with Gasteiger partial charge in [-0.25, -0.2) is 4.98 Å². The van der Waals surface area contributed by atoms with Crippen molar-refractivity contribution in [2.45, 2.75) is 27.7 Å². The highest BCUT2D eigenvalue weighted by Gasteiger charge is 2.18. The van der Waals surface area contributed by atoms with E-state index in [1.165, 1.54) is 10.9 Å². The lowest BCUT2D eigenvalue weighted by molar-refractivity contribution is -0.118. The van der Waals surface area contributed by atoms with Crippen molar-refractivity contribution in [1.82, 2.24) is 14.8 Å². The molecule has 0 aliphatic heterocycles. The molecule has 8 heteroatoms. The van der Waals surface area contributed by atoms with Crippen LogP contribution in [0.1, 0.15) is 27.8 Å². The Bertz CT molecular complexity index is 1450. The van der Waals surface area contributed by atoms with Crippen molar-refractivity contribution < 1.29 is 14.3 Å². The molecule has 0 saturated heterocycles. The lowest BCUT2D eigenvalue weighted by Gasteiger charge is -2.15. The first-order valence-corrected chi connectivity index (χ1v) is 10.8. The summed E-state index contributed by atoms with van der Waals surface area (Å²) in [6.07, 6.45) is 1.40. The first kappa shape index (κ1) is 22.8. The predicted molar refractivity (Wildman–Crippen MR) is 130 cm³/mol. The molecule has 1 N–H and O–H groups in total. The molecular formula is C26H25N5O3. The average molecular weight is 456 g/mol. The third-order valence-electron chi connectivity index (χ3n) is 5.80. The molecule has 4 rings (SSSR count). The molecule has 0 atom stereocenters. The van der Waals surface area contributed by atoms with Crippen molar-refractivity contribution in [3.63, 3.8) is 0 Å². The zero-order valence-electron chi connectivity index (χ0n) is 19.8. The number of pyridine rings is 1. The topological polar surface area (TPSA) is 102 Å². The van der Waals surface area contributed by atoms with Crippen LogP contribution in [0.3, 0.4) is 0 Å². The van der Waals surface area contributed by atoms with Gasteiger partial charge in [0.2, 0.25) is 0 Å². The molecule has 0 radical (unpaired) electrons. The third-order valence-corrected chi connectivity index (χ3v) is 5.80. The Hall–Kier alpha value is -4.38. The van der Waals surface area contributed by atoms with E-state index in [0.29, 0.717) is 22.8 Å². The fourth-order valence-corrected chi connectivity index (χ4v) is 3.83. The van der Waals surface area contributed by atoms with Crippen molar-refractivity contribution in [3.05, 3.63) is 70.4 Å².